The second kappa shape index (κ2) is 4.61. The molecule has 0 aliphatic heterocycles. The standard InChI is InChI=1S/C12H13N3O/c1-2-15(11-6-4-3-5-7-11)12(16)14-9-8-13-10-14/h3-10H,2H2,1H3. The molecule has 0 saturated carbocycles. The van der Waals surface area contributed by atoms with E-state index < -0.39 is 0 Å². The number of carbonyl (C=O) groups excluding carboxylic acids is 1. The molecule has 4 nitrogen and oxygen atoms in total. The third-order valence-electron chi connectivity index (χ3n) is 2.34. The molecule has 4 heteroatoms. The Morgan fingerprint density at radius 1 is 1.38 bits per heavy atom. The number of carbonyl (C=O) groups is 1. The summed E-state index contributed by atoms with van der Waals surface area (Å²) in [6.45, 7) is 2.57. The third kappa shape index (κ3) is 1.95. The predicted molar refractivity (Wildman–Crippen MR) is 62.5 cm³/mol. The number of para-hydroxylation sites is 1. The van der Waals surface area contributed by atoms with E-state index in [1.165, 1.54) is 10.9 Å². The van der Waals surface area contributed by atoms with Crippen molar-refractivity contribution in [3.63, 3.8) is 0 Å². The lowest BCUT2D eigenvalue weighted by molar-refractivity contribution is 0.248. The SMILES string of the molecule is CCN(C(=O)n1ccnc1)c1ccccc1. The molecule has 2 aromatic rings. The maximum atomic E-state index is 12.1. The van der Waals surface area contributed by atoms with Crippen LogP contribution in [0.15, 0.2) is 49.1 Å². The molecule has 0 aliphatic carbocycles. The zero-order valence-corrected chi connectivity index (χ0v) is 9.08. The van der Waals surface area contributed by atoms with Crippen LogP contribution in [0.25, 0.3) is 0 Å². The quantitative estimate of drug-likeness (QED) is 0.771. The molecule has 0 fully saturated rings. The van der Waals surface area contributed by atoms with Crippen LogP contribution >= 0.6 is 0 Å². The van der Waals surface area contributed by atoms with E-state index in [1.54, 1.807) is 17.3 Å². The van der Waals surface area contributed by atoms with E-state index in [-0.39, 0.29) is 6.03 Å². The zero-order valence-electron chi connectivity index (χ0n) is 9.08. The minimum atomic E-state index is -0.0915. The van der Waals surface area contributed by atoms with E-state index in [1.807, 2.05) is 37.3 Å². The van der Waals surface area contributed by atoms with Gasteiger partial charge in [-0.3, -0.25) is 9.47 Å². The van der Waals surface area contributed by atoms with Gasteiger partial charge in [0.2, 0.25) is 0 Å². The van der Waals surface area contributed by atoms with Crippen LogP contribution in [0.4, 0.5) is 10.5 Å². The largest absolute Gasteiger partial charge is 0.333 e. The Hall–Kier alpha value is -2.10. The summed E-state index contributed by atoms with van der Waals surface area (Å²) < 4.78 is 1.47. The number of imidazole rings is 1. The van der Waals surface area contributed by atoms with Gasteiger partial charge in [-0.1, -0.05) is 18.2 Å². The smallest absolute Gasteiger partial charge is 0.294 e. The van der Waals surface area contributed by atoms with Crippen molar-refractivity contribution in [1.82, 2.24) is 9.55 Å². The van der Waals surface area contributed by atoms with Crippen molar-refractivity contribution in [3.05, 3.63) is 49.1 Å². The number of benzene rings is 1. The van der Waals surface area contributed by atoms with Crippen molar-refractivity contribution in [2.24, 2.45) is 0 Å². The van der Waals surface area contributed by atoms with E-state index in [9.17, 15) is 4.79 Å². The van der Waals surface area contributed by atoms with Gasteiger partial charge in [0.1, 0.15) is 6.33 Å². The normalized spacial score (nSPS) is 10.1. The van der Waals surface area contributed by atoms with Gasteiger partial charge in [0.15, 0.2) is 0 Å². The lowest BCUT2D eigenvalue weighted by Gasteiger charge is -2.20. The highest BCUT2D eigenvalue weighted by molar-refractivity contribution is 5.93. The number of anilines is 1. The molecule has 1 aromatic heterocycles. The van der Waals surface area contributed by atoms with Crippen LogP contribution in [0, 0.1) is 0 Å². The van der Waals surface area contributed by atoms with Gasteiger partial charge in [-0.25, -0.2) is 9.78 Å². The molecular formula is C12H13N3O. The number of nitrogens with zero attached hydrogens (tertiary/aromatic N) is 3. The Labute approximate surface area is 94.1 Å². The number of aromatic nitrogens is 2. The first-order valence-electron chi connectivity index (χ1n) is 5.18. The Balaban J connectivity index is 2.27. The molecule has 0 radical (unpaired) electrons. The third-order valence-corrected chi connectivity index (χ3v) is 2.34. The summed E-state index contributed by atoms with van der Waals surface area (Å²) in [4.78, 5) is 17.7. The van der Waals surface area contributed by atoms with Crippen LogP contribution in [0.1, 0.15) is 6.92 Å². The highest BCUT2D eigenvalue weighted by Gasteiger charge is 2.14. The van der Waals surface area contributed by atoms with E-state index in [2.05, 4.69) is 4.98 Å². The summed E-state index contributed by atoms with van der Waals surface area (Å²) in [5.74, 6) is 0. The molecule has 0 saturated heterocycles. The summed E-state index contributed by atoms with van der Waals surface area (Å²) in [5, 5.41) is 0. The second-order valence-electron chi connectivity index (χ2n) is 3.33. The van der Waals surface area contributed by atoms with Crippen molar-refractivity contribution >= 4 is 11.7 Å². The van der Waals surface area contributed by atoms with Gasteiger partial charge in [0, 0.05) is 24.6 Å². The van der Waals surface area contributed by atoms with E-state index in [0.717, 1.165) is 5.69 Å². The Kier molecular flexibility index (Phi) is 3.00. The van der Waals surface area contributed by atoms with Gasteiger partial charge in [-0.15, -0.1) is 0 Å². The minimum Gasteiger partial charge on any atom is -0.294 e. The molecule has 0 aliphatic rings. The summed E-state index contributed by atoms with van der Waals surface area (Å²) in [6.07, 6.45) is 4.75. The van der Waals surface area contributed by atoms with Gasteiger partial charge >= 0.3 is 6.03 Å². The maximum Gasteiger partial charge on any atom is 0.333 e. The van der Waals surface area contributed by atoms with E-state index >= 15 is 0 Å². The lowest BCUT2D eigenvalue weighted by Crippen LogP contribution is -2.33. The highest BCUT2D eigenvalue weighted by Crippen LogP contribution is 2.14. The molecule has 1 heterocycles. The average molecular weight is 215 g/mol. The van der Waals surface area contributed by atoms with Gasteiger partial charge < -0.3 is 0 Å². The fourth-order valence-electron chi connectivity index (χ4n) is 1.55. The predicted octanol–water partition coefficient (Wildman–Crippen LogP) is 2.38. The fraction of sp³-hybridized carbons (Fsp3) is 0.167. The summed E-state index contributed by atoms with van der Waals surface area (Å²) >= 11 is 0. The molecule has 0 N–H and O–H groups in total. The molecule has 16 heavy (non-hydrogen) atoms. The second-order valence-corrected chi connectivity index (χ2v) is 3.33. The van der Waals surface area contributed by atoms with E-state index in [4.69, 9.17) is 0 Å². The first kappa shape index (κ1) is 10.4. The molecule has 0 atom stereocenters. The van der Waals surface area contributed by atoms with Crippen molar-refractivity contribution in [1.29, 1.82) is 0 Å². The van der Waals surface area contributed by atoms with Crippen LogP contribution in [0.3, 0.4) is 0 Å². The minimum absolute atomic E-state index is 0.0915. The fourth-order valence-corrected chi connectivity index (χ4v) is 1.55. The van der Waals surface area contributed by atoms with E-state index in [0.29, 0.717) is 6.54 Å². The Bertz CT molecular complexity index is 450. The summed E-state index contributed by atoms with van der Waals surface area (Å²) in [5.41, 5.74) is 0.892. The molecule has 1 aromatic carbocycles. The van der Waals surface area contributed by atoms with Gasteiger partial charge in [0.25, 0.3) is 0 Å². The van der Waals surface area contributed by atoms with Crippen LogP contribution in [-0.4, -0.2) is 22.1 Å². The van der Waals surface area contributed by atoms with Crippen LogP contribution in [-0.2, 0) is 0 Å². The summed E-state index contributed by atoms with van der Waals surface area (Å²) in [7, 11) is 0. The molecule has 0 bridgehead atoms. The highest BCUT2D eigenvalue weighted by atomic mass is 16.2. The number of hydrogen-bond donors (Lipinski definition) is 0. The zero-order chi connectivity index (χ0) is 11.4. The van der Waals surface area contributed by atoms with Crippen LogP contribution in [0.2, 0.25) is 0 Å². The number of amides is 1. The van der Waals surface area contributed by atoms with Crippen LogP contribution < -0.4 is 4.90 Å². The molecule has 1 amide bonds. The van der Waals surface area contributed by atoms with Crippen molar-refractivity contribution in [2.75, 3.05) is 11.4 Å². The monoisotopic (exact) mass is 215 g/mol. The van der Waals surface area contributed by atoms with Gasteiger partial charge in [-0.2, -0.15) is 0 Å². The molecule has 0 unspecified atom stereocenters. The topological polar surface area (TPSA) is 38.1 Å². The molecule has 0 spiro atoms. The molecule has 82 valence electrons. The van der Waals surface area contributed by atoms with Crippen molar-refractivity contribution < 1.29 is 4.79 Å². The Morgan fingerprint density at radius 2 is 2.12 bits per heavy atom. The molecular weight excluding hydrogens is 202 g/mol. The number of hydrogen-bond acceptors (Lipinski definition) is 2. The van der Waals surface area contributed by atoms with Crippen LogP contribution in [0.5, 0.6) is 0 Å². The van der Waals surface area contributed by atoms with Crippen molar-refractivity contribution in [3.8, 4) is 0 Å². The average Bonchev–Trinajstić information content (AvgIpc) is 2.85. The summed E-state index contributed by atoms with van der Waals surface area (Å²) in [6, 6.07) is 9.50. The Morgan fingerprint density at radius 3 is 2.69 bits per heavy atom. The maximum absolute atomic E-state index is 12.1. The first-order valence-corrected chi connectivity index (χ1v) is 5.18. The van der Waals surface area contributed by atoms with Crippen molar-refractivity contribution in [2.45, 2.75) is 6.92 Å². The molecule has 2 rings (SSSR count). The van der Waals surface area contributed by atoms with Gasteiger partial charge in [0.05, 0.1) is 0 Å². The lowest BCUT2D eigenvalue weighted by atomic mass is 10.3. The van der Waals surface area contributed by atoms with Gasteiger partial charge in [-0.05, 0) is 19.1 Å². The first-order chi connectivity index (χ1) is 7.83. The number of rotatable bonds is 2.